The third-order valence-electron chi connectivity index (χ3n) is 6.83. The highest BCUT2D eigenvalue weighted by Crippen LogP contribution is 2.32. The van der Waals surface area contributed by atoms with Crippen LogP contribution in [0.15, 0.2) is 103 Å². The first-order chi connectivity index (χ1) is 19.1. The number of methoxy groups -OCH3 is 1. The average molecular weight is 522 g/mol. The van der Waals surface area contributed by atoms with Gasteiger partial charge in [0.2, 0.25) is 0 Å². The monoisotopic (exact) mass is 521 g/mol. The summed E-state index contributed by atoms with van der Waals surface area (Å²) in [7, 11) is 3.39. The Kier molecular flexibility index (Phi) is 7.89. The average Bonchev–Trinajstić information content (AvgIpc) is 3.02. The lowest BCUT2D eigenvalue weighted by molar-refractivity contribution is 0.0989. The second-order valence-corrected chi connectivity index (χ2v) is 9.20. The second-order valence-electron chi connectivity index (χ2n) is 9.20. The lowest BCUT2D eigenvalue weighted by Crippen LogP contribution is -2.38. The SMILES string of the molecule is COc1ccc(N(C(=O)c2ccccc2)c2ccc(C(=O)N(C)c3ccccc3N3CCOCC3)cc2)cc1. The minimum absolute atomic E-state index is 0.132. The largest absolute Gasteiger partial charge is 0.497 e. The molecule has 0 aliphatic carbocycles. The molecule has 0 radical (unpaired) electrons. The van der Waals surface area contributed by atoms with Gasteiger partial charge in [-0.05, 0) is 72.8 Å². The van der Waals surface area contributed by atoms with Gasteiger partial charge < -0.3 is 19.3 Å². The van der Waals surface area contributed by atoms with E-state index in [1.165, 1.54) is 0 Å². The summed E-state index contributed by atoms with van der Waals surface area (Å²) in [6.45, 7) is 2.90. The molecule has 0 bridgehead atoms. The van der Waals surface area contributed by atoms with Crippen molar-refractivity contribution < 1.29 is 19.1 Å². The number of amides is 2. The molecule has 1 saturated heterocycles. The Morgan fingerprint density at radius 2 is 1.28 bits per heavy atom. The van der Waals surface area contributed by atoms with Gasteiger partial charge in [0.15, 0.2) is 0 Å². The summed E-state index contributed by atoms with van der Waals surface area (Å²) in [4.78, 5) is 32.7. The van der Waals surface area contributed by atoms with Gasteiger partial charge in [-0.25, -0.2) is 0 Å². The number of carbonyl (C=O) groups is 2. The van der Waals surface area contributed by atoms with Crippen LogP contribution < -0.4 is 19.4 Å². The van der Waals surface area contributed by atoms with E-state index >= 15 is 0 Å². The summed E-state index contributed by atoms with van der Waals surface area (Å²) in [5, 5.41) is 0. The molecule has 0 spiro atoms. The van der Waals surface area contributed by atoms with Gasteiger partial charge in [-0.2, -0.15) is 0 Å². The molecule has 0 N–H and O–H groups in total. The van der Waals surface area contributed by atoms with Crippen LogP contribution in [0.25, 0.3) is 0 Å². The zero-order valence-corrected chi connectivity index (χ0v) is 22.1. The number of benzene rings is 4. The Balaban J connectivity index is 1.43. The Morgan fingerprint density at radius 1 is 0.718 bits per heavy atom. The fourth-order valence-corrected chi connectivity index (χ4v) is 4.70. The van der Waals surface area contributed by atoms with Crippen molar-refractivity contribution in [1.29, 1.82) is 0 Å². The zero-order chi connectivity index (χ0) is 27.2. The van der Waals surface area contributed by atoms with Gasteiger partial charge in [-0.3, -0.25) is 14.5 Å². The lowest BCUT2D eigenvalue weighted by atomic mass is 10.1. The highest BCUT2D eigenvalue weighted by atomic mass is 16.5. The second kappa shape index (κ2) is 11.8. The van der Waals surface area contributed by atoms with E-state index in [0.29, 0.717) is 41.5 Å². The van der Waals surface area contributed by atoms with Crippen LogP contribution in [0.5, 0.6) is 5.75 Å². The molecule has 2 amide bonds. The maximum atomic E-state index is 13.6. The van der Waals surface area contributed by atoms with E-state index in [1.54, 1.807) is 60.4 Å². The van der Waals surface area contributed by atoms with E-state index in [9.17, 15) is 9.59 Å². The number of anilines is 4. The minimum atomic E-state index is -0.170. The van der Waals surface area contributed by atoms with Crippen LogP contribution in [0.3, 0.4) is 0 Å². The first-order valence-corrected chi connectivity index (χ1v) is 12.9. The Hall–Kier alpha value is -4.62. The summed E-state index contributed by atoms with van der Waals surface area (Å²) in [6, 6.07) is 31.5. The molecule has 1 fully saturated rings. The zero-order valence-electron chi connectivity index (χ0n) is 22.1. The number of hydrogen-bond donors (Lipinski definition) is 0. The van der Waals surface area contributed by atoms with Crippen LogP contribution >= 0.6 is 0 Å². The van der Waals surface area contributed by atoms with E-state index < -0.39 is 0 Å². The molecule has 0 atom stereocenters. The van der Waals surface area contributed by atoms with Gasteiger partial charge in [-0.1, -0.05) is 30.3 Å². The van der Waals surface area contributed by atoms with Crippen LogP contribution in [0.1, 0.15) is 20.7 Å². The Labute approximate surface area is 228 Å². The summed E-state index contributed by atoms with van der Waals surface area (Å²) in [5.41, 5.74) is 4.29. The fraction of sp³-hybridized carbons (Fsp3) is 0.188. The van der Waals surface area contributed by atoms with Crippen LogP contribution in [0.2, 0.25) is 0 Å². The first-order valence-electron chi connectivity index (χ1n) is 12.9. The summed E-state index contributed by atoms with van der Waals surface area (Å²) in [6.07, 6.45) is 0. The van der Waals surface area contributed by atoms with Crippen LogP contribution in [0.4, 0.5) is 22.7 Å². The number of nitrogens with zero attached hydrogens (tertiary/aromatic N) is 3. The van der Waals surface area contributed by atoms with Crippen molar-refractivity contribution in [2.45, 2.75) is 0 Å². The van der Waals surface area contributed by atoms with Gasteiger partial charge in [0.25, 0.3) is 11.8 Å². The highest BCUT2D eigenvalue weighted by Gasteiger charge is 2.23. The highest BCUT2D eigenvalue weighted by molar-refractivity contribution is 6.12. The Morgan fingerprint density at radius 3 is 1.92 bits per heavy atom. The quantitative estimate of drug-likeness (QED) is 0.308. The molecule has 0 saturated carbocycles. The summed E-state index contributed by atoms with van der Waals surface area (Å²) in [5.74, 6) is 0.399. The number of carbonyl (C=O) groups excluding carboxylic acids is 2. The third-order valence-corrected chi connectivity index (χ3v) is 6.83. The van der Waals surface area contributed by atoms with Gasteiger partial charge in [-0.15, -0.1) is 0 Å². The maximum Gasteiger partial charge on any atom is 0.262 e. The van der Waals surface area contributed by atoms with E-state index in [0.717, 1.165) is 24.5 Å². The third kappa shape index (κ3) is 5.63. The van der Waals surface area contributed by atoms with Gasteiger partial charge in [0, 0.05) is 42.6 Å². The molecule has 0 aromatic heterocycles. The molecule has 4 aromatic rings. The van der Waals surface area contributed by atoms with Crippen molar-refractivity contribution in [3.63, 3.8) is 0 Å². The summed E-state index contributed by atoms with van der Waals surface area (Å²) >= 11 is 0. The van der Waals surface area contributed by atoms with E-state index in [-0.39, 0.29) is 11.8 Å². The van der Waals surface area contributed by atoms with E-state index in [2.05, 4.69) is 4.90 Å². The number of ether oxygens (including phenoxy) is 2. The van der Waals surface area contributed by atoms with Crippen molar-refractivity contribution in [2.75, 3.05) is 55.2 Å². The van der Waals surface area contributed by atoms with Gasteiger partial charge in [0.05, 0.1) is 31.7 Å². The van der Waals surface area contributed by atoms with E-state index in [1.807, 2.05) is 66.7 Å². The normalized spacial score (nSPS) is 13.0. The minimum Gasteiger partial charge on any atom is -0.497 e. The number of para-hydroxylation sites is 2. The molecule has 7 nitrogen and oxygen atoms in total. The first kappa shape index (κ1) is 26.0. The van der Waals surface area contributed by atoms with Crippen LogP contribution in [0, 0.1) is 0 Å². The lowest BCUT2D eigenvalue weighted by Gasteiger charge is -2.32. The fourth-order valence-electron chi connectivity index (χ4n) is 4.70. The molecule has 1 aliphatic heterocycles. The summed E-state index contributed by atoms with van der Waals surface area (Å²) < 4.78 is 10.8. The van der Waals surface area contributed by atoms with Crippen molar-refractivity contribution in [1.82, 2.24) is 0 Å². The van der Waals surface area contributed by atoms with Crippen molar-refractivity contribution in [2.24, 2.45) is 0 Å². The maximum absolute atomic E-state index is 13.6. The predicted octanol–water partition coefficient (Wildman–Crippen LogP) is 5.79. The van der Waals surface area contributed by atoms with E-state index in [4.69, 9.17) is 9.47 Å². The van der Waals surface area contributed by atoms with Crippen molar-refractivity contribution in [3.05, 3.63) is 114 Å². The molecular weight excluding hydrogens is 490 g/mol. The Bertz CT molecular complexity index is 1420. The standard InChI is InChI=1S/C32H31N3O4/c1-33(29-10-6-7-11-30(29)34-20-22-39-23-21-34)31(36)25-12-14-26(15-13-25)35(27-16-18-28(38-2)19-17-27)32(37)24-8-4-3-5-9-24/h3-19H,20-23H2,1-2H3. The van der Waals surface area contributed by atoms with Gasteiger partial charge >= 0.3 is 0 Å². The van der Waals surface area contributed by atoms with Crippen LogP contribution in [-0.4, -0.2) is 52.3 Å². The molecule has 39 heavy (non-hydrogen) atoms. The number of rotatable bonds is 7. The number of morpholine rings is 1. The molecule has 198 valence electrons. The molecule has 1 heterocycles. The van der Waals surface area contributed by atoms with Crippen molar-refractivity contribution in [3.8, 4) is 5.75 Å². The van der Waals surface area contributed by atoms with Gasteiger partial charge in [0.1, 0.15) is 5.75 Å². The van der Waals surface area contributed by atoms with Crippen LogP contribution in [-0.2, 0) is 4.74 Å². The molecule has 7 heteroatoms. The predicted molar refractivity (Wildman–Crippen MR) is 155 cm³/mol. The number of hydrogen-bond acceptors (Lipinski definition) is 5. The molecule has 5 rings (SSSR count). The molecule has 0 unspecified atom stereocenters. The molecule has 4 aromatic carbocycles. The van der Waals surface area contributed by atoms with Crippen molar-refractivity contribution >= 4 is 34.6 Å². The smallest absolute Gasteiger partial charge is 0.262 e. The topological polar surface area (TPSA) is 62.3 Å². The molecular formula is C32H31N3O4. The molecule has 1 aliphatic rings.